The lowest BCUT2D eigenvalue weighted by Gasteiger charge is -2.07. The number of hydrogen-bond donors (Lipinski definition) is 0. The molecule has 0 aliphatic carbocycles. The fraction of sp³-hybridized carbons (Fsp3) is 0.238. The lowest BCUT2D eigenvalue weighted by atomic mass is 10.1. The highest BCUT2D eigenvalue weighted by Crippen LogP contribution is 2.23. The van der Waals surface area contributed by atoms with E-state index >= 15 is 0 Å². The largest absolute Gasteiger partial charge is 0.486 e. The lowest BCUT2D eigenvalue weighted by Crippen LogP contribution is -2.00. The zero-order valence-corrected chi connectivity index (χ0v) is 15.5. The third-order valence-corrected chi connectivity index (χ3v) is 4.78. The number of carbonyl (C=O) groups is 1. The summed E-state index contributed by atoms with van der Waals surface area (Å²) in [5, 5.41) is 3.00. The number of thiazole rings is 1. The van der Waals surface area contributed by atoms with Gasteiger partial charge >= 0.3 is 5.97 Å². The van der Waals surface area contributed by atoms with Crippen molar-refractivity contribution < 1.29 is 14.3 Å². The Balaban J connectivity index is 1.54. The highest BCUT2D eigenvalue weighted by molar-refractivity contribution is 7.09. The van der Waals surface area contributed by atoms with Gasteiger partial charge in [-0.25, -0.2) is 4.98 Å². The Morgan fingerprint density at radius 3 is 2.77 bits per heavy atom. The van der Waals surface area contributed by atoms with E-state index in [1.54, 1.807) is 11.3 Å². The number of carbonyl (C=O) groups excluding carboxylic acids is 1. The molecule has 0 fully saturated rings. The summed E-state index contributed by atoms with van der Waals surface area (Å²) in [6.45, 7) is 0.448. The second kappa shape index (κ2) is 9.15. The molecule has 0 saturated heterocycles. The van der Waals surface area contributed by atoms with Gasteiger partial charge in [0.2, 0.25) is 0 Å². The van der Waals surface area contributed by atoms with Crippen LogP contribution >= 0.6 is 11.3 Å². The van der Waals surface area contributed by atoms with Crippen LogP contribution in [0.5, 0.6) is 5.75 Å². The summed E-state index contributed by atoms with van der Waals surface area (Å²) in [5.41, 5.74) is 3.24. The first-order valence-corrected chi connectivity index (χ1v) is 9.41. The van der Waals surface area contributed by atoms with Crippen LogP contribution in [0.25, 0.3) is 11.3 Å². The first kappa shape index (κ1) is 18.1. The van der Waals surface area contributed by atoms with Crippen LogP contribution in [0.3, 0.4) is 0 Å². The van der Waals surface area contributed by atoms with Gasteiger partial charge in [-0.15, -0.1) is 11.3 Å². The van der Waals surface area contributed by atoms with Gasteiger partial charge in [0.05, 0.1) is 12.8 Å². The molecule has 3 rings (SSSR count). The van der Waals surface area contributed by atoms with Crippen molar-refractivity contribution in [3.8, 4) is 17.0 Å². The molecule has 0 saturated carbocycles. The molecule has 0 radical (unpaired) electrons. The molecule has 0 aliphatic rings. The number of benzene rings is 2. The molecule has 1 aromatic heterocycles. The van der Waals surface area contributed by atoms with Crippen molar-refractivity contribution in [3.05, 3.63) is 70.5 Å². The molecule has 0 spiro atoms. The maximum Gasteiger partial charge on any atom is 0.305 e. The Labute approximate surface area is 157 Å². The van der Waals surface area contributed by atoms with Crippen LogP contribution in [0.4, 0.5) is 0 Å². The molecule has 0 aliphatic heterocycles. The van der Waals surface area contributed by atoms with E-state index in [2.05, 4.69) is 27.2 Å². The van der Waals surface area contributed by atoms with Gasteiger partial charge in [0.25, 0.3) is 0 Å². The van der Waals surface area contributed by atoms with Crippen molar-refractivity contribution in [2.75, 3.05) is 7.11 Å². The van der Waals surface area contributed by atoms with E-state index < -0.39 is 0 Å². The van der Waals surface area contributed by atoms with Crippen molar-refractivity contribution in [1.82, 2.24) is 4.98 Å². The normalized spacial score (nSPS) is 10.5. The van der Waals surface area contributed by atoms with Crippen molar-refractivity contribution in [2.24, 2.45) is 0 Å². The molecule has 26 heavy (non-hydrogen) atoms. The van der Waals surface area contributed by atoms with E-state index in [0.717, 1.165) is 40.4 Å². The SMILES string of the molecule is COC(=O)CCCc1cccc(OCc2nc(-c3ccccc3)cs2)c1. The fourth-order valence-electron chi connectivity index (χ4n) is 2.59. The minimum Gasteiger partial charge on any atom is -0.486 e. The number of methoxy groups -OCH3 is 1. The topological polar surface area (TPSA) is 48.4 Å². The Hall–Kier alpha value is -2.66. The Kier molecular flexibility index (Phi) is 6.39. The smallest absolute Gasteiger partial charge is 0.305 e. The first-order chi connectivity index (χ1) is 12.7. The molecule has 2 aromatic carbocycles. The molecular formula is C21H21NO3S. The molecular weight excluding hydrogens is 346 g/mol. The summed E-state index contributed by atoms with van der Waals surface area (Å²) < 4.78 is 10.6. The maximum atomic E-state index is 11.2. The van der Waals surface area contributed by atoms with Crippen molar-refractivity contribution >= 4 is 17.3 Å². The summed E-state index contributed by atoms with van der Waals surface area (Å²) in [5.74, 6) is 0.646. The van der Waals surface area contributed by atoms with Crippen LogP contribution in [-0.2, 0) is 22.6 Å². The standard InChI is InChI=1S/C21H21NO3S/c1-24-21(23)12-6-8-16-7-5-11-18(13-16)25-14-20-22-19(15-26-20)17-9-3-2-4-10-17/h2-5,7,9-11,13,15H,6,8,12,14H2,1H3. The molecule has 3 aromatic rings. The van der Waals surface area contributed by atoms with Gasteiger partial charge in [-0.2, -0.15) is 0 Å². The molecule has 0 atom stereocenters. The van der Waals surface area contributed by atoms with E-state index in [1.807, 2.05) is 42.5 Å². The number of aromatic nitrogens is 1. The second-order valence-electron chi connectivity index (χ2n) is 5.86. The average molecular weight is 367 g/mol. The quantitative estimate of drug-likeness (QED) is 0.532. The van der Waals surface area contributed by atoms with Gasteiger partial charge in [0, 0.05) is 17.4 Å². The Morgan fingerprint density at radius 2 is 1.96 bits per heavy atom. The number of hydrogen-bond acceptors (Lipinski definition) is 5. The monoisotopic (exact) mass is 367 g/mol. The van der Waals surface area contributed by atoms with Gasteiger partial charge in [0.15, 0.2) is 0 Å². The molecule has 4 nitrogen and oxygen atoms in total. The highest BCUT2D eigenvalue weighted by Gasteiger charge is 2.06. The third kappa shape index (κ3) is 5.17. The molecule has 1 heterocycles. The molecule has 0 bridgehead atoms. The van der Waals surface area contributed by atoms with E-state index in [9.17, 15) is 4.79 Å². The Morgan fingerprint density at radius 1 is 1.12 bits per heavy atom. The van der Waals surface area contributed by atoms with E-state index in [1.165, 1.54) is 7.11 Å². The molecule has 5 heteroatoms. The maximum absolute atomic E-state index is 11.2. The van der Waals surface area contributed by atoms with Crippen LogP contribution in [0, 0.1) is 0 Å². The summed E-state index contributed by atoms with van der Waals surface area (Å²) in [4.78, 5) is 15.8. The van der Waals surface area contributed by atoms with E-state index in [-0.39, 0.29) is 5.97 Å². The second-order valence-corrected chi connectivity index (χ2v) is 6.80. The van der Waals surface area contributed by atoms with Gasteiger partial charge in [0.1, 0.15) is 17.4 Å². The van der Waals surface area contributed by atoms with E-state index in [4.69, 9.17) is 4.74 Å². The molecule has 134 valence electrons. The van der Waals surface area contributed by atoms with Crippen molar-refractivity contribution in [3.63, 3.8) is 0 Å². The fourth-order valence-corrected chi connectivity index (χ4v) is 3.31. The number of nitrogens with zero attached hydrogens (tertiary/aromatic N) is 1. The average Bonchev–Trinajstić information content (AvgIpc) is 3.16. The van der Waals surface area contributed by atoms with Crippen LogP contribution < -0.4 is 4.74 Å². The van der Waals surface area contributed by atoms with Gasteiger partial charge in [-0.05, 0) is 30.5 Å². The van der Waals surface area contributed by atoms with Crippen LogP contribution in [0.2, 0.25) is 0 Å². The van der Waals surface area contributed by atoms with Gasteiger partial charge in [-0.3, -0.25) is 4.79 Å². The predicted molar refractivity (Wildman–Crippen MR) is 103 cm³/mol. The number of rotatable bonds is 8. The molecule has 0 unspecified atom stereocenters. The minimum atomic E-state index is -0.171. The summed E-state index contributed by atoms with van der Waals surface area (Å²) in [7, 11) is 1.42. The van der Waals surface area contributed by atoms with Gasteiger partial charge < -0.3 is 9.47 Å². The third-order valence-electron chi connectivity index (χ3n) is 3.96. The number of aryl methyl sites for hydroxylation is 1. The Bertz CT molecular complexity index is 845. The van der Waals surface area contributed by atoms with Crippen LogP contribution in [0.15, 0.2) is 60.0 Å². The van der Waals surface area contributed by atoms with Crippen LogP contribution in [-0.4, -0.2) is 18.1 Å². The van der Waals surface area contributed by atoms with Gasteiger partial charge in [-0.1, -0.05) is 42.5 Å². The number of esters is 1. The summed E-state index contributed by atoms with van der Waals surface area (Å²) >= 11 is 1.60. The van der Waals surface area contributed by atoms with Crippen LogP contribution in [0.1, 0.15) is 23.4 Å². The molecule has 0 amide bonds. The lowest BCUT2D eigenvalue weighted by molar-refractivity contribution is -0.140. The minimum absolute atomic E-state index is 0.171. The predicted octanol–water partition coefficient (Wildman–Crippen LogP) is 4.88. The molecule has 0 N–H and O–H groups in total. The highest BCUT2D eigenvalue weighted by atomic mass is 32.1. The summed E-state index contributed by atoms with van der Waals surface area (Å²) in [6, 6.07) is 18.1. The van der Waals surface area contributed by atoms with Crippen molar-refractivity contribution in [1.29, 1.82) is 0 Å². The zero-order chi connectivity index (χ0) is 18.2. The van der Waals surface area contributed by atoms with E-state index in [0.29, 0.717) is 13.0 Å². The zero-order valence-electron chi connectivity index (χ0n) is 14.7. The summed E-state index contributed by atoms with van der Waals surface area (Å²) in [6.07, 6.45) is 2.02. The number of ether oxygens (including phenoxy) is 2. The first-order valence-electron chi connectivity index (χ1n) is 8.53. The van der Waals surface area contributed by atoms with Crippen molar-refractivity contribution in [2.45, 2.75) is 25.9 Å².